The fourth-order valence-electron chi connectivity index (χ4n) is 4.31. The quantitative estimate of drug-likeness (QED) is 0.773. The number of amides is 1. The maximum atomic E-state index is 12.7. The number of fused-ring (bicyclic) bond motifs is 1. The highest BCUT2D eigenvalue weighted by molar-refractivity contribution is 7.89. The summed E-state index contributed by atoms with van der Waals surface area (Å²) in [6, 6.07) is 6.94. The molecule has 2 aromatic rings. The first kappa shape index (κ1) is 20.9. The van der Waals surface area contributed by atoms with E-state index < -0.39 is 10.0 Å². The van der Waals surface area contributed by atoms with Crippen LogP contribution in [0, 0.1) is 26.7 Å². The van der Waals surface area contributed by atoms with Gasteiger partial charge >= 0.3 is 0 Å². The fourth-order valence-corrected chi connectivity index (χ4v) is 5.69. The Morgan fingerprint density at radius 2 is 1.87 bits per heavy atom. The number of rotatable bonds is 4. The van der Waals surface area contributed by atoms with Gasteiger partial charge in [-0.2, -0.15) is 9.82 Å². The maximum Gasteiger partial charge on any atom is 0.244 e. The van der Waals surface area contributed by atoms with Crippen LogP contribution < -0.4 is 10.0 Å². The number of likely N-dealkylation sites (tertiary alicyclic amines) is 1. The number of sulfonamides is 1. The van der Waals surface area contributed by atoms with Gasteiger partial charge in [0.1, 0.15) is 4.90 Å². The van der Waals surface area contributed by atoms with Crippen molar-refractivity contribution in [3.05, 3.63) is 41.2 Å². The summed E-state index contributed by atoms with van der Waals surface area (Å²) >= 11 is 0. The number of carbonyl (C=O) groups excluding carboxylic acids is 1. The van der Waals surface area contributed by atoms with Gasteiger partial charge in [0.2, 0.25) is 15.9 Å². The molecule has 0 bridgehead atoms. The number of benzene rings is 1. The topological polar surface area (TPSA) is 96.3 Å². The van der Waals surface area contributed by atoms with Crippen LogP contribution in [-0.2, 0) is 21.4 Å². The lowest BCUT2D eigenvalue weighted by molar-refractivity contribution is -0.133. The Labute approximate surface area is 177 Å². The number of aryl methyl sites for hydroxylation is 2. The van der Waals surface area contributed by atoms with E-state index >= 15 is 0 Å². The minimum absolute atomic E-state index is 0.126. The number of nitrogens with one attached hydrogen (secondary N) is 2. The third-order valence-corrected chi connectivity index (χ3v) is 7.91. The molecule has 0 spiro atoms. The van der Waals surface area contributed by atoms with Crippen molar-refractivity contribution in [2.45, 2.75) is 57.6 Å². The van der Waals surface area contributed by atoms with E-state index in [1.807, 2.05) is 36.4 Å². The molecule has 3 heterocycles. The van der Waals surface area contributed by atoms with Gasteiger partial charge in [-0.25, -0.2) is 8.42 Å². The van der Waals surface area contributed by atoms with Gasteiger partial charge < -0.3 is 10.2 Å². The largest absolute Gasteiger partial charge is 0.368 e. The highest BCUT2D eigenvalue weighted by Gasteiger charge is 2.35. The Balaban J connectivity index is 1.33. The molecule has 2 aliphatic rings. The second kappa shape index (κ2) is 8.03. The van der Waals surface area contributed by atoms with Crippen molar-refractivity contribution in [3.8, 4) is 0 Å². The van der Waals surface area contributed by atoms with Crippen molar-refractivity contribution in [1.82, 2.24) is 19.4 Å². The molecule has 0 saturated carbocycles. The summed E-state index contributed by atoms with van der Waals surface area (Å²) in [7, 11) is -3.52. The molecule has 162 valence electrons. The molecule has 1 aromatic carbocycles. The van der Waals surface area contributed by atoms with Gasteiger partial charge in [-0.05, 0) is 57.2 Å². The van der Waals surface area contributed by atoms with Gasteiger partial charge in [-0.3, -0.25) is 9.48 Å². The summed E-state index contributed by atoms with van der Waals surface area (Å²) < 4.78 is 29.8. The van der Waals surface area contributed by atoms with Crippen LogP contribution in [0.2, 0.25) is 0 Å². The van der Waals surface area contributed by atoms with Gasteiger partial charge in [0.05, 0.1) is 17.5 Å². The van der Waals surface area contributed by atoms with Crippen molar-refractivity contribution in [1.29, 1.82) is 0 Å². The zero-order valence-corrected chi connectivity index (χ0v) is 18.5. The SMILES string of the molecule is Cc1nn(CCC(=O)N2CCC(C3Nc4ccccc4S(=O)(=O)N3)CC2)c(C)c1C. The van der Waals surface area contributed by atoms with Crippen LogP contribution >= 0.6 is 0 Å². The van der Waals surface area contributed by atoms with Crippen LogP contribution in [0.5, 0.6) is 0 Å². The molecule has 1 amide bonds. The van der Waals surface area contributed by atoms with Gasteiger partial charge in [-0.15, -0.1) is 0 Å². The summed E-state index contributed by atoms with van der Waals surface area (Å²) in [5.74, 6) is 0.261. The number of piperidine rings is 1. The fraction of sp³-hybridized carbons (Fsp3) is 0.524. The average Bonchev–Trinajstić information content (AvgIpc) is 2.98. The Bertz CT molecular complexity index is 1050. The summed E-state index contributed by atoms with van der Waals surface area (Å²) in [6.07, 6.45) is 1.59. The van der Waals surface area contributed by atoms with E-state index in [2.05, 4.69) is 15.1 Å². The second-order valence-electron chi connectivity index (χ2n) is 8.23. The molecule has 9 heteroatoms. The number of para-hydroxylation sites is 1. The van der Waals surface area contributed by atoms with Crippen molar-refractivity contribution in [3.63, 3.8) is 0 Å². The average molecular weight is 432 g/mol. The van der Waals surface area contributed by atoms with Crippen LogP contribution in [-0.4, -0.2) is 48.3 Å². The van der Waals surface area contributed by atoms with Crippen molar-refractivity contribution < 1.29 is 13.2 Å². The number of aromatic nitrogens is 2. The van der Waals surface area contributed by atoms with Gasteiger partial charge in [-0.1, -0.05) is 12.1 Å². The molecule has 30 heavy (non-hydrogen) atoms. The van der Waals surface area contributed by atoms with Crippen LogP contribution in [0.15, 0.2) is 29.2 Å². The van der Waals surface area contributed by atoms with Crippen LogP contribution in [0.4, 0.5) is 5.69 Å². The number of anilines is 1. The molecule has 1 unspecified atom stereocenters. The summed E-state index contributed by atoms with van der Waals surface area (Å²) in [5.41, 5.74) is 3.92. The van der Waals surface area contributed by atoms with Crippen LogP contribution in [0.1, 0.15) is 36.2 Å². The molecule has 1 fully saturated rings. The molecule has 0 aliphatic carbocycles. The minimum atomic E-state index is -3.52. The molecule has 0 radical (unpaired) electrons. The smallest absolute Gasteiger partial charge is 0.244 e. The lowest BCUT2D eigenvalue weighted by Crippen LogP contribution is -2.52. The van der Waals surface area contributed by atoms with E-state index in [0.717, 1.165) is 24.2 Å². The molecule has 4 rings (SSSR count). The molecule has 1 atom stereocenters. The Morgan fingerprint density at radius 3 is 2.53 bits per heavy atom. The van der Waals surface area contributed by atoms with Gasteiger partial charge in [0.15, 0.2) is 0 Å². The van der Waals surface area contributed by atoms with Crippen molar-refractivity contribution in [2.75, 3.05) is 18.4 Å². The minimum Gasteiger partial charge on any atom is -0.368 e. The predicted molar refractivity (Wildman–Crippen MR) is 115 cm³/mol. The number of nitrogens with zero attached hydrogens (tertiary/aromatic N) is 3. The van der Waals surface area contributed by atoms with Crippen molar-refractivity contribution >= 4 is 21.6 Å². The van der Waals surface area contributed by atoms with Crippen LogP contribution in [0.3, 0.4) is 0 Å². The summed E-state index contributed by atoms with van der Waals surface area (Å²) in [5, 5.41) is 7.83. The number of carbonyl (C=O) groups is 1. The van der Waals surface area contributed by atoms with E-state index in [1.54, 1.807) is 18.2 Å². The zero-order chi connectivity index (χ0) is 21.5. The van der Waals surface area contributed by atoms with E-state index in [9.17, 15) is 13.2 Å². The molecule has 2 N–H and O–H groups in total. The first-order chi connectivity index (χ1) is 14.3. The molecule has 1 saturated heterocycles. The van der Waals surface area contributed by atoms with E-state index in [1.165, 1.54) is 5.56 Å². The predicted octanol–water partition coefficient (Wildman–Crippen LogP) is 2.17. The number of hydrogen-bond acceptors (Lipinski definition) is 5. The zero-order valence-electron chi connectivity index (χ0n) is 17.7. The summed E-state index contributed by atoms with van der Waals surface area (Å²) in [6.45, 7) is 7.92. The lowest BCUT2D eigenvalue weighted by atomic mass is 9.93. The lowest BCUT2D eigenvalue weighted by Gasteiger charge is -2.39. The standard InChI is InChI=1S/C21H29N5O3S/c1-14-15(2)23-26(16(14)3)13-10-20(27)25-11-8-17(9-12-25)21-22-18-6-4-5-7-19(18)30(28,29)24-21/h4-7,17,21-22,24H,8-13H2,1-3H3. The second-order valence-corrected chi connectivity index (χ2v) is 9.91. The molecular formula is C21H29N5O3S. The highest BCUT2D eigenvalue weighted by Crippen LogP contribution is 2.30. The van der Waals surface area contributed by atoms with E-state index in [4.69, 9.17) is 0 Å². The molecule has 8 nitrogen and oxygen atoms in total. The highest BCUT2D eigenvalue weighted by atomic mass is 32.2. The van der Waals surface area contributed by atoms with Crippen LogP contribution in [0.25, 0.3) is 0 Å². The molecule has 1 aromatic heterocycles. The first-order valence-electron chi connectivity index (χ1n) is 10.4. The first-order valence-corrected chi connectivity index (χ1v) is 11.9. The summed E-state index contributed by atoms with van der Waals surface area (Å²) in [4.78, 5) is 14.9. The van der Waals surface area contributed by atoms with Crippen molar-refractivity contribution in [2.24, 2.45) is 5.92 Å². The molecular weight excluding hydrogens is 402 g/mol. The Morgan fingerprint density at radius 1 is 1.17 bits per heavy atom. The van der Waals surface area contributed by atoms with E-state index in [-0.39, 0.29) is 22.9 Å². The normalized spacial score (nSPS) is 21.2. The maximum absolute atomic E-state index is 12.7. The third-order valence-electron chi connectivity index (χ3n) is 6.41. The third kappa shape index (κ3) is 3.96. The van der Waals surface area contributed by atoms with E-state index in [0.29, 0.717) is 31.7 Å². The Kier molecular flexibility index (Phi) is 5.59. The van der Waals surface area contributed by atoms with Gasteiger partial charge in [0.25, 0.3) is 0 Å². The monoisotopic (exact) mass is 431 g/mol. The van der Waals surface area contributed by atoms with Gasteiger partial charge in [0, 0.05) is 31.7 Å². The molecule has 2 aliphatic heterocycles. The Hall–Kier alpha value is -2.39. The number of hydrogen-bond donors (Lipinski definition) is 2.